The van der Waals surface area contributed by atoms with Crippen LogP contribution in [0.3, 0.4) is 0 Å². The number of carboxylic acid groups (broad SMARTS) is 1. The van der Waals surface area contributed by atoms with Gasteiger partial charge in [-0.3, -0.25) is 4.90 Å². The standard InChI is InChI=1S/C12H19NO4/c1-9(2)13(5-3-6-14)8-10-4-7-17-11(10)12(15)16/h4,7,9,14H,3,5-6,8H2,1-2H3,(H,15,16). The predicted octanol–water partition coefficient (Wildman–Crippen LogP) is 1.57. The number of hydrogen-bond acceptors (Lipinski definition) is 4. The van der Waals surface area contributed by atoms with E-state index in [-0.39, 0.29) is 18.4 Å². The maximum Gasteiger partial charge on any atom is 0.372 e. The highest BCUT2D eigenvalue weighted by Crippen LogP contribution is 2.15. The van der Waals surface area contributed by atoms with Gasteiger partial charge in [0.05, 0.1) is 6.26 Å². The smallest absolute Gasteiger partial charge is 0.372 e. The molecule has 0 unspecified atom stereocenters. The molecule has 0 fully saturated rings. The van der Waals surface area contributed by atoms with Crippen molar-refractivity contribution in [3.8, 4) is 0 Å². The van der Waals surface area contributed by atoms with Gasteiger partial charge in [0.2, 0.25) is 5.76 Å². The summed E-state index contributed by atoms with van der Waals surface area (Å²) in [5.74, 6) is -1.05. The first-order valence-corrected chi connectivity index (χ1v) is 5.70. The second-order valence-electron chi connectivity index (χ2n) is 4.22. The number of aromatic carboxylic acids is 1. The molecule has 1 rings (SSSR count). The molecule has 0 amide bonds. The zero-order valence-corrected chi connectivity index (χ0v) is 10.2. The van der Waals surface area contributed by atoms with Crippen LogP contribution >= 0.6 is 0 Å². The first-order valence-electron chi connectivity index (χ1n) is 5.70. The van der Waals surface area contributed by atoms with Crippen LogP contribution in [0.15, 0.2) is 16.7 Å². The number of furan rings is 1. The number of carbonyl (C=O) groups is 1. The molecule has 1 aromatic heterocycles. The molecule has 17 heavy (non-hydrogen) atoms. The van der Waals surface area contributed by atoms with Crippen molar-refractivity contribution in [3.63, 3.8) is 0 Å². The summed E-state index contributed by atoms with van der Waals surface area (Å²) >= 11 is 0. The van der Waals surface area contributed by atoms with Crippen molar-refractivity contribution in [1.29, 1.82) is 0 Å². The van der Waals surface area contributed by atoms with Gasteiger partial charge in [0.25, 0.3) is 0 Å². The Morgan fingerprint density at radius 1 is 1.53 bits per heavy atom. The van der Waals surface area contributed by atoms with E-state index in [4.69, 9.17) is 14.6 Å². The minimum Gasteiger partial charge on any atom is -0.475 e. The number of carboxylic acids is 1. The van der Waals surface area contributed by atoms with Crippen LogP contribution in [-0.4, -0.2) is 40.3 Å². The molecule has 0 saturated heterocycles. The summed E-state index contributed by atoms with van der Waals surface area (Å²) in [6.07, 6.45) is 2.07. The molecule has 1 heterocycles. The van der Waals surface area contributed by atoms with Crippen molar-refractivity contribution in [2.75, 3.05) is 13.2 Å². The third-order valence-corrected chi connectivity index (χ3v) is 2.65. The van der Waals surface area contributed by atoms with Gasteiger partial charge >= 0.3 is 5.97 Å². The van der Waals surface area contributed by atoms with Crippen LogP contribution in [0.4, 0.5) is 0 Å². The Bertz CT molecular complexity index is 359. The summed E-state index contributed by atoms with van der Waals surface area (Å²) in [4.78, 5) is 13.0. The van der Waals surface area contributed by atoms with Crippen molar-refractivity contribution >= 4 is 5.97 Å². The lowest BCUT2D eigenvalue weighted by molar-refractivity contribution is 0.0658. The lowest BCUT2D eigenvalue weighted by atomic mass is 10.2. The van der Waals surface area contributed by atoms with Crippen LogP contribution in [0.2, 0.25) is 0 Å². The fourth-order valence-electron chi connectivity index (χ4n) is 1.66. The number of aliphatic hydroxyl groups is 1. The Kier molecular flexibility index (Phi) is 5.18. The Morgan fingerprint density at radius 2 is 2.24 bits per heavy atom. The second-order valence-corrected chi connectivity index (χ2v) is 4.22. The van der Waals surface area contributed by atoms with E-state index in [9.17, 15) is 4.79 Å². The van der Waals surface area contributed by atoms with E-state index in [1.54, 1.807) is 6.07 Å². The lowest BCUT2D eigenvalue weighted by Gasteiger charge is -2.25. The Labute approximate surface area is 101 Å². The highest BCUT2D eigenvalue weighted by Gasteiger charge is 2.18. The molecule has 1 aromatic rings. The minimum atomic E-state index is -1.05. The van der Waals surface area contributed by atoms with Crippen molar-refractivity contribution in [1.82, 2.24) is 4.90 Å². The lowest BCUT2D eigenvalue weighted by Crippen LogP contribution is -2.32. The molecule has 96 valence electrons. The van der Waals surface area contributed by atoms with Gasteiger partial charge < -0.3 is 14.6 Å². The molecule has 0 radical (unpaired) electrons. The van der Waals surface area contributed by atoms with E-state index in [1.165, 1.54) is 6.26 Å². The fraction of sp³-hybridized carbons (Fsp3) is 0.583. The molecule has 0 aliphatic rings. The average Bonchev–Trinajstić information content (AvgIpc) is 2.71. The monoisotopic (exact) mass is 241 g/mol. The number of hydrogen-bond donors (Lipinski definition) is 2. The van der Waals surface area contributed by atoms with Gasteiger partial charge in [-0.25, -0.2) is 4.79 Å². The molecule has 2 N–H and O–H groups in total. The van der Waals surface area contributed by atoms with Gasteiger partial charge in [-0.1, -0.05) is 0 Å². The summed E-state index contributed by atoms with van der Waals surface area (Å²) in [5.41, 5.74) is 0.670. The minimum absolute atomic E-state index is 0.000325. The van der Waals surface area contributed by atoms with Crippen LogP contribution in [0, 0.1) is 0 Å². The molecule has 5 heteroatoms. The molecule has 0 aliphatic heterocycles. The zero-order chi connectivity index (χ0) is 12.8. The molecule has 0 aromatic carbocycles. The first-order chi connectivity index (χ1) is 8.06. The predicted molar refractivity (Wildman–Crippen MR) is 62.9 cm³/mol. The Balaban J connectivity index is 2.71. The van der Waals surface area contributed by atoms with Crippen LogP contribution in [0.5, 0.6) is 0 Å². The highest BCUT2D eigenvalue weighted by molar-refractivity contribution is 5.86. The van der Waals surface area contributed by atoms with Crippen LogP contribution in [0.1, 0.15) is 36.4 Å². The largest absolute Gasteiger partial charge is 0.475 e. The molecule has 0 spiro atoms. The summed E-state index contributed by atoms with van der Waals surface area (Å²) in [7, 11) is 0. The summed E-state index contributed by atoms with van der Waals surface area (Å²) < 4.78 is 4.94. The van der Waals surface area contributed by atoms with E-state index in [0.29, 0.717) is 18.5 Å². The van der Waals surface area contributed by atoms with Gasteiger partial charge in [0, 0.05) is 31.3 Å². The zero-order valence-electron chi connectivity index (χ0n) is 10.2. The van der Waals surface area contributed by atoms with E-state index in [0.717, 1.165) is 6.54 Å². The van der Waals surface area contributed by atoms with Gasteiger partial charge in [0.1, 0.15) is 0 Å². The van der Waals surface area contributed by atoms with E-state index in [2.05, 4.69) is 4.90 Å². The summed E-state index contributed by atoms with van der Waals surface area (Å²) in [5, 5.41) is 17.8. The molecule has 0 saturated carbocycles. The van der Waals surface area contributed by atoms with Gasteiger partial charge in [0.15, 0.2) is 0 Å². The third-order valence-electron chi connectivity index (χ3n) is 2.65. The number of nitrogens with zero attached hydrogens (tertiary/aromatic N) is 1. The van der Waals surface area contributed by atoms with Gasteiger partial charge in [-0.2, -0.15) is 0 Å². The molecule has 0 aliphatic carbocycles. The summed E-state index contributed by atoms with van der Waals surface area (Å²) in [6.45, 7) is 5.48. The molecular weight excluding hydrogens is 222 g/mol. The van der Waals surface area contributed by atoms with E-state index < -0.39 is 5.97 Å². The number of rotatable bonds is 7. The number of aliphatic hydroxyl groups excluding tert-OH is 1. The molecular formula is C12H19NO4. The summed E-state index contributed by atoms with van der Waals surface area (Å²) in [6, 6.07) is 1.97. The molecule has 0 atom stereocenters. The maximum atomic E-state index is 10.9. The Morgan fingerprint density at radius 3 is 2.76 bits per heavy atom. The fourth-order valence-corrected chi connectivity index (χ4v) is 1.66. The van der Waals surface area contributed by atoms with Crippen LogP contribution < -0.4 is 0 Å². The third kappa shape index (κ3) is 3.87. The second kappa shape index (κ2) is 6.42. The first kappa shape index (κ1) is 13.7. The van der Waals surface area contributed by atoms with Crippen molar-refractivity contribution < 1.29 is 19.4 Å². The molecule has 0 bridgehead atoms. The highest BCUT2D eigenvalue weighted by atomic mass is 16.4. The topological polar surface area (TPSA) is 73.9 Å². The maximum absolute atomic E-state index is 10.9. The van der Waals surface area contributed by atoms with Crippen molar-refractivity contribution in [3.05, 3.63) is 23.7 Å². The average molecular weight is 241 g/mol. The van der Waals surface area contributed by atoms with E-state index >= 15 is 0 Å². The molecule has 5 nitrogen and oxygen atoms in total. The van der Waals surface area contributed by atoms with Crippen LogP contribution in [0.25, 0.3) is 0 Å². The normalized spacial score (nSPS) is 11.4. The van der Waals surface area contributed by atoms with Crippen LogP contribution in [-0.2, 0) is 6.54 Å². The van der Waals surface area contributed by atoms with Crippen molar-refractivity contribution in [2.45, 2.75) is 32.9 Å². The quantitative estimate of drug-likeness (QED) is 0.758. The Hall–Kier alpha value is -1.33. The van der Waals surface area contributed by atoms with E-state index in [1.807, 2.05) is 13.8 Å². The van der Waals surface area contributed by atoms with Crippen molar-refractivity contribution in [2.24, 2.45) is 0 Å². The van der Waals surface area contributed by atoms with Gasteiger partial charge in [-0.15, -0.1) is 0 Å². The SMILES string of the molecule is CC(C)N(CCCO)Cc1ccoc1C(=O)O. The van der Waals surface area contributed by atoms with Gasteiger partial charge in [-0.05, 0) is 26.3 Å².